The average molecular weight is 257 g/mol. The van der Waals surface area contributed by atoms with Crippen molar-refractivity contribution < 1.29 is 0 Å². The first kappa shape index (κ1) is 26.2. The smallest absolute Gasteiger partial charge is 0.0146 e. The zero-order valence-electron chi connectivity index (χ0n) is 12.7. The molecule has 0 aromatic rings. The van der Waals surface area contributed by atoms with Crippen LogP contribution < -0.4 is 0 Å². The normalized spacial score (nSPS) is 9.11. The van der Waals surface area contributed by atoms with Gasteiger partial charge in [0.05, 0.1) is 0 Å². The molecule has 0 heterocycles. The second kappa shape index (κ2) is 16.6. The largest absolute Gasteiger partial charge is 0.100 e. The van der Waals surface area contributed by atoms with E-state index in [1.807, 2.05) is 0 Å². The summed E-state index contributed by atoms with van der Waals surface area (Å²) in [6.45, 7) is 17.5. The molecule has 0 aromatic carbocycles. The molecule has 0 aliphatic heterocycles. The summed E-state index contributed by atoms with van der Waals surface area (Å²) in [6, 6.07) is 0. The minimum absolute atomic E-state index is 0. The van der Waals surface area contributed by atoms with E-state index in [1.165, 1.54) is 12.8 Å². The quantitative estimate of drug-likeness (QED) is 0.496. The molecule has 0 N–H and O–H groups in total. The highest BCUT2D eigenvalue weighted by Crippen LogP contribution is 2.09. The fourth-order valence-electron chi connectivity index (χ4n) is 1.00. The van der Waals surface area contributed by atoms with Crippen LogP contribution in [-0.2, 0) is 0 Å². The molecule has 18 heavy (non-hydrogen) atoms. The first-order chi connectivity index (χ1) is 7.25. The molecule has 0 aliphatic rings. The highest BCUT2D eigenvalue weighted by Gasteiger charge is 1.95. The van der Waals surface area contributed by atoms with Gasteiger partial charge in [-0.3, -0.25) is 0 Å². The van der Waals surface area contributed by atoms with Crippen molar-refractivity contribution in [2.24, 2.45) is 23.7 Å². The minimum Gasteiger partial charge on any atom is -0.100 e. The summed E-state index contributed by atoms with van der Waals surface area (Å²) < 4.78 is 0. The molecule has 0 saturated heterocycles. The molecular weight excluding hydrogens is 216 g/mol. The van der Waals surface area contributed by atoms with Crippen molar-refractivity contribution in [1.29, 1.82) is 0 Å². The standard InChI is InChI=1S/C8H18.C8H14.2CH4/c2*1-7(2)5-6-8(3)4;;/h7-8H,5-6H2,1-4H3;7-8H,1-4H3;2*1H4. The van der Waals surface area contributed by atoms with Crippen molar-refractivity contribution in [3.05, 3.63) is 0 Å². The van der Waals surface area contributed by atoms with Gasteiger partial charge in [0.1, 0.15) is 0 Å². The molecule has 0 aliphatic carbocycles. The number of hydrogen-bond acceptors (Lipinski definition) is 0. The Morgan fingerprint density at radius 3 is 0.889 bits per heavy atom. The van der Waals surface area contributed by atoms with Gasteiger partial charge in [0.2, 0.25) is 0 Å². The monoisotopic (exact) mass is 256 g/mol. The lowest BCUT2D eigenvalue weighted by Gasteiger charge is -2.05. The van der Waals surface area contributed by atoms with Gasteiger partial charge < -0.3 is 0 Å². The van der Waals surface area contributed by atoms with Crippen molar-refractivity contribution in [2.75, 3.05) is 0 Å². The molecule has 0 heteroatoms. The van der Waals surface area contributed by atoms with E-state index in [-0.39, 0.29) is 14.9 Å². The molecule has 0 rings (SSSR count). The first-order valence-electron chi connectivity index (χ1n) is 6.76. The maximum Gasteiger partial charge on any atom is 0.0146 e. The van der Waals surface area contributed by atoms with Crippen LogP contribution in [0.4, 0.5) is 0 Å². The summed E-state index contributed by atoms with van der Waals surface area (Å²) in [6.07, 6.45) is 2.77. The molecule has 112 valence electrons. The van der Waals surface area contributed by atoms with Crippen molar-refractivity contribution in [3.63, 3.8) is 0 Å². The predicted molar refractivity (Wildman–Crippen MR) is 89.8 cm³/mol. The van der Waals surface area contributed by atoms with Gasteiger partial charge >= 0.3 is 0 Å². The maximum atomic E-state index is 3.09. The fraction of sp³-hybridized carbons (Fsp3) is 0.889. The molecule has 0 unspecified atom stereocenters. The van der Waals surface area contributed by atoms with Crippen LogP contribution in [0, 0.1) is 35.5 Å². The second-order valence-electron chi connectivity index (χ2n) is 5.96. The minimum atomic E-state index is 0. The van der Waals surface area contributed by atoms with Crippen LogP contribution in [-0.4, -0.2) is 0 Å². The topological polar surface area (TPSA) is 0 Å². The fourth-order valence-corrected chi connectivity index (χ4v) is 1.00. The molecule has 0 spiro atoms. The first-order valence-corrected chi connectivity index (χ1v) is 6.76. The molecule has 0 saturated carbocycles. The third-order valence-corrected chi connectivity index (χ3v) is 1.98. The SMILES string of the molecule is C.C.CC(C)C#CC(C)C.CC(C)CCC(C)C. The summed E-state index contributed by atoms with van der Waals surface area (Å²) in [4.78, 5) is 0. The van der Waals surface area contributed by atoms with Gasteiger partial charge in [-0.05, 0) is 11.8 Å². The Bertz CT molecular complexity index is 166. The third kappa shape index (κ3) is 36.1. The van der Waals surface area contributed by atoms with E-state index in [1.54, 1.807) is 0 Å². The molecule has 0 fully saturated rings. The highest BCUT2D eigenvalue weighted by molar-refractivity contribution is 5.03. The van der Waals surface area contributed by atoms with Crippen LogP contribution in [0.25, 0.3) is 0 Å². The third-order valence-electron chi connectivity index (χ3n) is 1.98. The Hall–Kier alpha value is -0.440. The molecule has 0 amide bonds. The van der Waals surface area contributed by atoms with E-state index in [4.69, 9.17) is 0 Å². The van der Waals surface area contributed by atoms with E-state index >= 15 is 0 Å². The van der Waals surface area contributed by atoms with Crippen LogP contribution in [0.3, 0.4) is 0 Å². The number of hydrogen-bond donors (Lipinski definition) is 0. The van der Waals surface area contributed by atoms with E-state index < -0.39 is 0 Å². The summed E-state index contributed by atoms with van der Waals surface area (Å²) >= 11 is 0. The summed E-state index contributed by atoms with van der Waals surface area (Å²) in [7, 11) is 0. The van der Waals surface area contributed by atoms with E-state index in [2.05, 4.69) is 67.2 Å². The zero-order valence-corrected chi connectivity index (χ0v) is 12.7. The Labute approximate surface area is 119 Å². The van der Waals surface area contributed by atoms with Crippen molar-refractivity contribution in [1.82, 2.24) is 0 Å². The summed E-state index contributed by atoms with van der Waals surface area (Å²) in [5.41, 5.74) is 0. The average Bonchev–Trinajstić information content (AvgIpc) is 2.12. The lowest BCUT2D eigenvalue weighted by atomic mass is 10.0. The van der Waals surface area contributed by atoms with E-state index in [0.29, 0.717) is 11.8 Å². The number of rotatable bonds is 3. The van der Waals surface area contributed by atoms with Gasteiger partial charge in [0.15, 0.2) is 0 Å². The lowest BCUT2D eigenvalue weighted by Crippen LogP contribution is -1.91. The predicted octanol–water partition coefficient (Wildman–Crippen LogP) is 6.65. The van der Waals surface area contributed by atoms with Gasteiger partial charge in [-0.15, -0.1) is 11.8 Å². The van der Waals surface area contributed by atoms with Gasteiger partial charge in [-0.1, -0.05) is 83.1 Å². The van der Waals surface area contributed by atoms with Gasteiger partial charge in [0.25, 0.3) is 0 Å². The van der Waals surface area contributed by atoms with E-state index in [9.17, 15) is 0 Å². The van der Waals surface area contributed by atoms with Crippen molar-refractivity contribution in [2.45, 2.75) is 83.1 Å². The summed E-state index contributed by atoms with van der Waals surface area (Å²) in [5.74, 6) is 9.01. The van der Waals surface area contributed by atoms with Crippen LogP contribution in [0.5, 0.6) is 0 Å². The lowest BCUT2D eigenvalue weighted by molar-refractivity contribution is 0.476. The van der Waals surface area contributed by atoms with E-state index in [0.717, 1.165) is 11.8 Å². The van der Waals surface area contributed by atoms with Crippen molar-refractivity contribution >= 4 is 0 Å². The van der Waals surface area contributed by atoms with Gasteiger partial charge in [-0.25, -0.2) is 0 Å². The summed E-state index contributed by atoms with van der Waals surface area (Å²) in [5, 5.41) is 0. The van der Waals surface area contributed by atoms with Crippen LogP contribution in [0.2, 0.25) is 0 Å². The molecule has 0 bridgehead atoms. The van der Waals surface area contributed by atoms with Crippen LogP contribution >= 0.6 is 0 Å². The highest BCUT2D eigenvalue weighted by atomic mass is 14.0. The Balaban J connectivity index is -0.0000000980. The zero-order chi connectivity index (χ0) is 13.1. The molecule has 0 aromatic heterocycles. The maximum absolute atomic E-state index is 3.09. The molecule has 0 radical (unpaired) electrons. The van der Waals surface area contributed by atoms with Crippen LogP contribution in [0.15, 0.2) is 0 Å². The molecular formula is C18H40. The second-order valence-corrected chi connectivity index (χ2v) is 5.96. The van der Waals surface area contributed by atoms with Crippen molar-refractivity contribution in [3.8, 4) is 11.8 Å². The Morgan fingerprint density at radius 2 is 0.778 bits per heavy atom. The van der Waals surface area contributed by atoms with Gasteiger partial charge in [-0.2, -0.15) is 0 Å². The Morgan fingerprint density at radius 1 is 0.556 bits per heavy atom. The Kier molecular flexibility index (Phi) is 24.1. The van der Waals surface area contributed by atoms with Gasteiger partial charge in [0, 0.05) is 11.8 Å². The van der Waals surface area contributed by atoms with Crippen LogP contribution in [0.1, 0.15) is 83.1 Å². The molecule has 0 atom stereocenters. The molecule has 0 nitrogen and oxygen atoms in total.